The molecule has 10 heteroatoms. The SMILES string of the molecule is CCN(CC)S(=O)(=O)c1ccc(C)c(NC(=O)CSc2nc(C)c(C)n2C[C@@H]2CCCO2)c1. The molecule has 0 unspecified atom stereocenters. The predicted octanol–water partition coefficient (Wildman–Crippen LogP) is 3.75. The molecule has 182 valence electrons. The van der Waals surface area contributed by atoms with E-state index in [1.54, 1.807) is 26.0 Å². The van der Waals surface area contributed by atoms with Crippen LogP contribution in [0.5, 0.6) is 0 Å². The largest absolute Gasteiger partial charge is 0.376 e. The van der Waals surface area contributed by atoms with Gasteiger partial charge < -0.3 is 14.6 Å². The van der Waals surface area contributed by atoms with E-state index in [2.05, 4.69) is 14.9 Å². The Morgan fingerprint density at radius 3 is 2.64 bits per heavy atom. The Hall–Kier alpha value is -1.88. The molecule has 1 aliphatic heterocycles. The number of imidazole rings is 1. The molecule has 1 aromatic carbocycles. The number of carbonyl (C=O) groups excluding carboxylic acids is 1. The molecule has 33 heavy (non-hydrogen) atoms. The van der Waals surface area contributed by atoms with Crippen molar-refractivity contribution in [2.45, 2.75) is 70.2 Å². The summed E-state index contributed by atoms with van der Waals surface area (Å²) in [5.41, 5.74) is 3.34. The minimum Gasteiger partial charge on any atom is -0.376 e. The van der Waals surface area contributed by atoms with Crippen LogP contribution in [0.4, 0.5) is 5.69 Å². The molecule has 1 amide bonds. The minimum absolute atomic E-state index is 0.174. The lowest BCUT2D eigenvalue weighted by atomic mass is 10.2. The number of ether oxygens (including phenoxy) is 1. The fourth-order valence-electron chi connectivity index (χ4n) is 3.87. The van der Waals surface area contributed by atoms with E-state index in [0.717, 1.165) is 48.1 Å². The summed E-state index contributed by atoms with van der Waals surface area (Å²) in [6.07, 6.45) is 2.29. The van der Waals surface area contributed by atoms with Gasteiger partial charge in [-0.25, -0.2) is 13.4 Å². The van der Waals surface area contributed by atoms with Crippen LogP contribution in [0.15, 0.2) is 28.3 Å². The molecule has 1 fully saturated rings. The number of carbonyl (C=O) groups is 1. The zero-order valence-corrected chi connectivity index (χ0v) is 21.7. The quantitative estimate of drug-likeness (QED) is 0.506. The highest BCUT2D eigenvalue weighted by molar-refractivity contribution is 7.99. The Labute approximate surface area is 201 Å². The molecule has 0 radical (unpaired) electrons. The first-order valence-corrected chi connectivity index (χ1v) is 13.8. The van der Waals surface area contributed by atoms with E-state index in [4.69, 9.17) is 4.74 Å². The van der Waals surface area contributed by atoms with Crippen LogP contribution in [-0.4, -0.2) is 59.7 Å². The van der Waals surface area contributed by atoms with Crippen LogP contribution in [-0.2, 0) is 26.1 Å². The van der Waals surface area contributed by atoms with E-state index < -0.39 is 10.0 Å². The van der Waals surface area contributed by atoms with Gasteiger partial charge in [0.25, 0.3) is 0 Å². The summed E-state index contributed by atoms with van der Waals surface area (Å²) in [6, 6.07) is 4.85. The average molecular weight is 495 g/mol. The van der Waals surface area contributed by atoms with Crippen molar-refractivity contribution in [1.82, 2.24) is 13.9 Å². The van der Waals surface area contributed by atoms with Crippen molar-refractivity contribution in [1.29, 1.82) is 0 Å². The molecular weight excluding hydrogens is 460 g/mol. The lowest BCUT2D eigenvalue weighted by Crippen LogP contribution is -2.30. The highest BCUT2D eigenvalue weighted by Crippen LogP contribution is 2.26. The van der Waals surface area contributed by atoms with Crippen molar-refractivity contribution >= 4 is 33.4 Å². The number of benzene rings is 1. The van der Waals surface area contributed by atoms with Crippen molar-refractivity contribution in [3.8, 4) is 0 Å². The number of aromatic nitrogens is 2. The van der Waals surface area contributed by atoms with Crippen molar-refractivity contribution < 1.29 is 17.9 Å². The highest BCUT2D eigenvalue weighted by atomic mass is 32.2. The molecule has 8 nitrogen and oxygen atoms in total. The average Bonchev–Trinajstić information content (AvgIpc) is 3.38. The van der Waals surface area contributed by atoms with E-state index in [-0.39, 0.29) is 22.7 Å². The lowest BCUT2D eigenvalue weighted by molar-refractivity contribution is -0.113. The van der Waals surface area contributed by atoms with Gasteiger partial charge in [-0.3, -0.25) is 4.79 Å². The Bertz CT molecular complexity index is 1090. The molecule has 0 saturated carbocycles. The second kappa shape index (κ2) is 11.0. The maximum absolute atomic E-state index is 12.9. The first-order chi connectivity index (χ1) is 15.7. The number of hydrogen-bond donors (Lipinski definition) is 1. The van der Waals surface area contributed by atoms with Gasteiger partial charge in [-0.05, 0) is 51.3 Å². The summed E-state index contributed by atoms with van der Waals surface area (Å²) in [4.78, 5) is 17.6. The molecule has 3 rings (SSSR count). The normalized spacial score (nSPS) is 16.5. The number of rotatable bonds is 10. The van der Waals surface area contributed by atoms with Gasteiger partial charge in [0.15, 0.2) is 5.16 Å². The van der Waals surface area contributed by atoms with Gasteiger partial charge in [-0.15, -0.1) is 0 Å². The topological polar surface area (TPSA) is 93.5 Å². The summed E-state index contributed by atoms with van der Waals surface area (Å²) in [5, 5.41) is 3.67. The summed E-state index contributed by atoms with van der Waals surface area (Å²) >= 11 is 1.38. The second-order valence-corrected chi connectivity index (χ2v) is 11.1. The number of anilines is 1. The standard InChI is InChI=1S/C23H34N4O4S2/c1-6-26(7-2)33(29,30)20-11-10-16(3)21(13-20)25-22(28)15-32-23-24-17(4)18(5)27(23)14-19-9-8-12-31-19/h10-11,13,19H,6-9,12,14-15H2,1-5H3,(H,25,28)/t19-/m0/s1. The zero-order valence-electron chi connectivity index (χ0n) is 20.1. The number of thioether (sulfide) groups is 1. The van der Waals surface area contributed by atoms with Gasteiger partial charge in [0, 0.05) is 31.1 Å². The maximum atomic E-state index is 12.9. The molecule has 0 spiro atoms. The molecular formula is C23H34N4O4S2. The predicted molar refractivity (Wildman–Crippen MR) is 131 cm³/mol. The van der Waals surface area contributed by atoms with Crippen LogP contribution in [0.2, 0.25) is 0 Å². The number of nitrogens with one attached hydrogen (secondary N) is 1. The summed E-state index contributed by atoms with van der Waals surface area (Å²) in [6.45, 7) is 11.8. The van der Waals surface area contributed by atoms with Crippen LogP contribution in [0, 0.1) is 20.8 Å². The van der Waals surface area contributed by atoms with Crippen molar-refractivity contribution in [3.63, 3.8) is 0 Å². The van der Waals surface area contributed by atoms with Crippen LogP contribution in [0.1, 0.15) is 43.6 Å². The van der Waals surface area contributed by atoms with Gasteiger partial charge >= 0.3 is 0 Å². The van der Waals surface area contributed by atoms with Gasteiger partial charge in [-0.2, -0.15) is 4.31 Å². The molecule has 1 aliphatic rings. The maximum Gasteiger partial charge on any atom is 0.243 e. The molecule has 2 heterocycles. The van der Waals surface area contributed by atoms with E-state index in [1.807, 2.05) is 20.8 Å². The summed E-state index contributed by atoms with van der Waals surface area (Å²) in [5.74, 6) is -0.0316. The van der Waals surface area contributed by atoms with Gasteiger partial charge in [0.2, 0.25) is 15.9 Å². The third kappa shape index (κ3) is 5.98. The molecule has 1 aromatic heterocycles. The first-order valence-electron chi connectivity index (χ1n) is 11.4. The van der Waals surface area contributed by atoms with Crippen molar-refractivity contribution in [3.05, 3.63) is 35.2 Å². The number of aryl methyl sites for hydroxylation is 2. The van der Waals surface area contributed by atoms with Gasteiger partial charge in [-0.1, -0.05) is 31.7 Å². The highest BCUT2D eigenvalue weighted by Gasteiger charge is 2.23. The molecule has 1 N–H and O–H groups in total. The van der Waals surface area contributed by atoms with E-state index >= 15 is 0 Å². The Morgan fingerprint density at radius 1 is 1.27 bits per heavy atom. The Kier molecular flexibility index (Phi) is 8.60. The van der Waals surface area contributed by atoms with Crippen molar-refractivity contribution in [2.24, 2.45) is 0 Å². The Morgan fingerprint density at radius 2 is 2.00 bits per heavy atom. The van der Waals surface area contributed by atoms with Crippen molar-refractivity contribution in [2.75, 3.05) is 30.8 Å². The van der Waals surface area contributed by atoms with E-state index in [0.29, 0.717) is 18.8 Å². The number of sulfonamides is 1. The fraction of sp³-hybridized carbons (Fsp3) is 0.565. The van der Waals surface area contributed by atoms with Gasteiger partial charge in [0.1, 0.15) is 0 Å². The minimum atomic E-state index is -3.60. The third-order valence-corrected chi connectivity index (χ3v) is 9.01. The lowest BCUT2D eigenvalue weighted by Gasteiger charge is -2.19. The molecule has 1 saturated heterocycles. The van der Waals surface area contributed by atoms with Gasteiger partial charge in [0.05, 0.1) is 29.0 Å². The fourth-order valence-corrected chi connectivity index (χ4v) is 6.25. The molecule has 0 aliphatic carbocycles. The number of hydrogen-bond acceptors (Lipinski definition) is 6. The van der Waals surface area contributed by atoms with Crippen LogP contribution in [0.3, 0.4) is 0 Å². The number of amides is 1. The van der Waals surface area contributed by atoms with E-state index in [9.17, 15) is 13.2 Å². The van der Waals surface area contributed by atoms with Crippen LogP contribution in [0.25, 0.3) is 0 Å². The monoisotopic (exact) mass is 494 g/mol. The second-order valence-electron chi connectivity index (χ2n) is 8.21. The smallest absolute Gasteiger partial charge is 0.243 e. The van der Waals surface area contributed by atoms with Crippen LogP contribution < -0.4 is 5.32 Å². The molecule has 2 aromatic rings. The summed E-state index contributed by atoms with van der Waals surface area (Å²) in [7, 11) is -3.60. The zero-order chi connectivity index (χ0) is 24.2. The first kappa shape index (κ1) is 25.7. The third-order valence-electron chi connectivity index (χ3n) is 5.99. The Balaban J connectivity index is 1.70. The number of nitrogens with zero attached hydrogens (tertiary/aromatic N) is 3. The molecule has 0 bridgehead atoms. The van der Waals surface area contributed by atoms with Crippen LogP contribution >= 0.6 is 11.8 Å². The summed E-state index contributed by atoms with van der Waals surface area (Å²) < 4.78 is 35.0. The molecule has 1 atom stereocenters. The van der Waals surface area contributed by atoms with E-state index in [1.165, 1.54) is 22.1 Å².